The fourth-order valence-corrected chi connectivity index (χ4v) is 1.92. The smallest absolute Gasteiger partial charge is 0.412 e. The third-order valence-corrected chi connectivity index (χ3v) is 2.92. The lowest BCUT2D eigenvalue weighted by Gasteiger charge is -2.15. The molecule has 0 radical (unpaired) electrons. The maximum atomic E-state index is 12.0. The number of anilines is 1. The molecule has 0 aliphatic heterocycles. The molecule has 0 saturated heterocycles. The van der Waals surface area contributed by atoms with Gasteiger partial charge in [0, 0.05) is 0 Å². The predicted molar refractivity (Wildman–Crippen MR) is 87.2 cm³/mol. The molecule has 0 heterocycles. The van der Waals surface area contributed by atoms with Crippen molar-refractivity contribution in [1.29, 1.82) is 5.26 Å². The summed E-state index contributed by atoms with van der Waals surface area (Å²) in [6.07, 6.45) is -0.652. The van der Waals surface area contributed by atoms with Crippen molar-refractivity contribution in [3.63, 3.8) is 0 Å². The molecule has 118 valence electrons. The van der Waals surface area contributed by atoms with Gasteiger partial charge in [-0.2, -0.15) is 5.26 Å². The number of ether oxygens (including phenoxy) is 2. The van der Waals surface area contributed by atoms with E-state index in [1.165, 1.54) is 0 Å². The zero-order valence-corrected chi connectivity index (χ0v) is 13.1. The van der Waals surface area contributed by atoms with Crippen LogP contribution in [0, 0.1) is 11.3 Å². The molecule has 2 rings (SSSR count). The highest BCUT2D eigenvalue weighted by molar-refractivity contribution is 5.87. The predicted octanol–water partition coefficient (Wildman–Crippen LogP) is 4.09. The van der Waals surface area contributed by atoms with Crippen molar-refractivity contribution in [3.05, 3.63) is 59.7 Å². The standard InChI is InChI=1S/C18H18N2O3/c1-13(2)23-17-9-8-15(11-19)10-16(17)20-18(21)22-12-14-6-4-3-5-7-14/h3-10,13H,12H2,1-2H3,(H,20,21). The van der Waals surface area contributed by atoms with Crippen LogP contribution >= 0.6 is 0 Å². The summed E-state index contributed by atoms with van der Waals surface area (Å²) in [6.45, 7) is 3.94. The van der Waals surface area contributed by atoms with E-state index in [-0.39, 0.29) is 12.7 Å². The zero-order valence-electron chi connectivity index (χ0n) is 13.1. The fourth-order valence-electron chi connectivity index (χ4n) is 1.92. The van der Waals surface area contributed by atoms with Crippen LogP contribution in [-0.2, 0) is 11.3 Å². The normalized spacial score (nSPS) is 10.0. The van der Waals surface area contributed by atoms with Crippen LogP contribution in [0.1, 0.15) is 25.0 Å². The van der Waals surface area contributed by atoms with Gasteiger partial charge < -0.3 is 9.47 Å². The Labute approximate surface area is 135 Å². The number of nitrogens with one attached hydrogen (secondary N) is 1. The first-order valence-electron chi connectivity index (χ1n) is 7.27. The van der Waals surface area contributed by atoms with Gasteiger partial charge in [-0.15, -0.1) is 0 Å². The second-order valence-electron chi connectivity index (χ2n) is 5.18. The molecule has 5 nitrogen and oxygen atoms in total. The highest BCUT2D eigenvalue weighted by Gasteiger charge is 2.11. The third-order valence-electron chi connectivity index (χ3n) is 2.92. The number of carbonyl (C=O) groups is 1. The van der Waals surface area contributed by atoms with E-state index in [1.807, 2.05) is 50.2 Å². The molecular formula is C18H18N2O3. The number of nitriles is 1. The fraction of sp³-hybridized carbons (Fsp3) is 0.222. The van der Waals surface area contributed by atoms with Gasteiger partial charge in [0.25, 0.3) is 0 Å². The van der Waals surface area contributed by atoms with E-state index in [1.54, 1.807) is 18.2 Å². The summed E-state index contributed by atoms with van der Waals surface area (Å²) in [6, 6.07) is 16.3. The van der Waals surface area contributed by atoms with Crippen molar-refractivity contribution >= 4 is 11.8 Å². The van der Waals surface area contributed by atoms with Gasteiger partial charge >= 0.3 is 6.09 Å². The molecular weight excluding hydrogens is 292 g/mol. The van der Waals surface area contributed by atoms with Gasteiger partial charge in [0.2, 0.25) is 0 Å². The van der Waals surface area contributed by atoms with E-state index in [0.717, 1.165) is 5.56 Å². The van der Waals surface area contributed by atoms with Crippen molar-refractivity contribution in [3.8, 4) is 11.8 Å². The third kappa shape index (κ3) is 5.04. The first-order valence-corrected chi connectivity index (χ1v) is 7.27. The molecule has 0 fully saturated rings. The van der Waals surface area contributed by atoms with Crippen LogP contribution in [0.25, 0.3) is 0 Å². The summed E-state index contributed by atoms with van der Waals surface area (Å²) in [5.74, 6) is 0.496. The molecule has 0 aliphatic carbocycles. The van der Waals surface area contributed by atoms with Gasteiger partial charge in [-0.3, -0.25) is 5.32 Å². The van der Waals surface area contributed by atoms with Crippen molar-refractivity contribution < 1.29 is 14.3 Å². The molecule has 23 heavy (non-hydrogen) atoms. The second-order valence-corrected chi connectivity index (χ2v) is 5.18. The summed E-state index contributed by atoms with van der Waals surface area (Å²) in [5.41, 5.74) is 1.74. The zero-order chi connectivity index (χ0) is 16.7. The van der Waals surface area contributed by atoms with Crippen LogP contribution in [0.5, 0.6) is 5.75 Å². The SMILES string of the molecule is CC(C)Oc1ccc(C#N)cc1NC(=O)OCc1ccccc1. The monoisotopic (exact) mass is 310 g/mol. The van der Waals surface area contributed by atoms with E-state index in [0.29, 0.717) is 17.0 Å². The lowest BCUT2D eigenvalue weighted by molar-refractivity contribution is 0.155. The Hall–Kier alpha value is -3.00. The maximum absolute atomic E-state index is 12.0. The summed E-state index contributed by atoms with van der Waals surface area (Å²) in [5, 5.41) is 11.6. The number of hydrogen-bond acceptors (Lipinski definition) is 4. The summed E-state index contributed by atoms with van der Waals surface area (Å²) in [7, 11) is 0. The van der Waals surface area contributed by atoms with Gasteiger partial charge in [-0.05, 0) is 37.6 Å². The summed E-state index contributed by atoms with van der Waals surface area (Å²) >= 11 is 0. The Morgan fingerprint density at radius 2 is 1.96 bits per heavy atom. The Kier molecular flexibility index (Phi) is 5.59. The average molecular weight is 310 g/mol. The number of hydrogen-bond donors (Lipinski definition) is 1. The Morgan fingerprint density at radius 1 is 1.22 bits per heavy atom. The largest absolute Gasteiger partial charge is 0.489 e. The highest BCUT2D eigenvalue weighted by atomic mass is 16.5. The van der Waals surface area contributed by atoms with E-state index >= 15 is 0 Å². The van der Waals surface area contributed by atoms with E-state index < -0.39 is 6.09 Å². The van der Waals surface area contributed by atoms with Crippen LogP contribution in [0.3, 0.4) is 0 Å². The highest BCUT2D eigenvalue weighted by Crippen LogP contribution is 2.27. The van der Waals surface area contributed by atoms with Gasteiger partial charge in [-0.25, -0.2) is 4.79 Å². The number of benzene rings is 2. The number of rotatable bonds is 5. The minimum Gasteiger partial charge on any atom is -0.489 e. The molecule has 0 spiro atoms. The molecule has 0 unspecified atom stereocenters. The van der Waals surface area contributed by atoms with E-state index in [4.69, 9.17) is 14.7 Å². The minimum absolute atomic E-state index is 0.0520. The number of carbonyl (C=O) groups excluding carboxylic acids is 1. The number of nitrogens with zero attached hydrogens (tertiary/aromatic N) is 1. The van der Waals surface area contributed by atoms with Crippen molar-refractivity contribution in [1.82, 2.24) is 0 Å². The van der Waals surface area contributed by atoms with Crippen LogP contribution in [0.2, 0.25) is 0 Å². The summed E-state index contributed by atoms with van der Waals surface area (Å²) in [4.78, 5) is 12.0. The minimum atomic E-state index is -0.599. The number of amides is 1. The molecule has 0 aliphatic rings. The maximum Gasteiger partial charge on any atom is 0.412 e. The molecule has 2 aromatic carbocycles. The van der Waals surface area contributed by atoms with Crippen molar-refractivity contribution in [2.24, 2.45) is 0 Å². The first kappa shape index (κ1) is 16.4. The van der Waals surface area contributed by atoms with E-state index in [9.17, 15) is 4.79 Å². The average Bonchev–Trinajstić information content (AvgIpc) is 2.55. The molecule has 5 heteroatoms. The lowest BCUT2D eigenvalue weighted by Crippen LogP contribution is -2.15. The Morgan fingerprint density at radius 3 is 2.61 bits per heavy atom. The summed E-state index contributed by atoms with van der Waals surface area (Å²) < 4.78 is 10.8. The molecule has 0 aromatic heterocycles. The first-order chi connectivity index (χ1) is 11.1. The molecule has 0 saturated carbocycles. The molecule has 0 atom stereocenters. The van der Waals surface area contributed by atoms with Gasteiger partial charge in [0.15, 0.2) is 0 Å². The van der Waals surface area contributed by atoms with Crippen LogP contribution < -0.4 is 10.1 Å². The van der Waals surface area contributed by atoms with Crippen LogP contribution in [0.15, 0.2) is 48.5 Å². The lowest BCUT2D eigenvalue weighted by atomic mass is 10.2. The second kappa shape index (κ2) is 7.85. The topological polar surface area (TPSA) is 71.3 Å². The van der Waals surface area contributed by atoms with Gasteiger partial charge in [0.1, 0.15) is 12.4 Å². The molecule has 1 N–H and O–H groups in total. The van der Waals surface area contributed by atoms with Crippen molar-refractivity contribution in [2.75, 3.05) is 5.32 Å². The van der Waals surface area contributed by atoms with Gasteiger partial charge in [0.05, 0.1) is 23.4 Å². The van der Waals surface area contributed by atoms with Crippen LogP contribution in [0.4, 0.5) is 10.5 Å². The molecule has 0 bridgehead atoms. The Bertz CT molecular complexity index is 706. The van der Waals surface area contributed by atoms with Gasteiger partial charge in [-0.1, -0.05) is 30.3 Å². The Balaban J connectivity index is 2.05. The quantitative estimate of drug-likeness (QED) is 0.902. The van der Waals surface area contributed by atoms with Crippen molar-refractivity contribution in [2.45, 2.75) is 26.6 Å². The van der Waals surface area contributed by atoms with Crippen LogP contribution in [-0.4, -0.2) is 12.2 Å². The molecule has 2 aromatic rings. The molecule has 1 amide bonds. The van der Waals surface area contributed by atoms with E-state index in [2.05, 4.69) is 5.32 Å².